The molecule has 0 bridgehead atoms. The number of ether oxygens (including phenoxy) is 2. The molecule has 0 fully saturated rings. The summed E-state index contributed by atoms with van der Waals surface area (Å²) in [6.45, 7) is 0. The Balaban J connectivity index is 1.53. The molecular weight excluding hydrogens is 362 g/mol. The largest absolute Gasteiger partial charge is 0.435 e. The highest BCUT2D eigenvalue weighted by molar-refractivity contribution is 7.13. The molecule has 0 aliphatic rings. The maximum atomic E-state index is 12.5. The molecule has 0 spiro atoms. The number of carbonyl (C=O) groups excluding carboxylic acids is 1. The lowest BCUT2D eigenvalue weighted by Gasteiger charge is -2.09. The van der Waals surface area contributed by atoms with Crippen LogP contribution in [0.4, 0.5) is 0 Å². The molecule has 0 aliphatic heterocycles. The summed E-state index contributed by atoms with van der Waals surface area (Å²) in [4.78, 5) is 25.2. The van der Waals surface area contributed by atoms with Crippen molar-refractivity contribution >= 4 is 17.3 Å². The SMILES string of the molecule is O=C(Oc1ccccc1Oc1ccccn1)c1csc(-c2ccccn2)n1. The average molecular weight is 375 g/mol. The second kappa shape index (κ2) is 7.76. The minimum absolute atomic E-state index is 0.216. The Kier molecular flexibility index (Phi) is 4.84. The van der Waals surface area contributed by atoms with E-state index >= 15 is 0 Å². The Bertz CT molecular complexity index is 1050. The van der Waals surface area contributed by atoms with Crippen LogP contribution in [0.3, 0.4) is 0 Å². The summed E-state index contributed by atoms with van der Waals surface area (Å²) < 4.78 is 11.2. The third-order valence-electron chi connectivity index (χ3n) is 3.50. The number of carbonyl (C=O) groups is 1. The number of rotatable bonds is 5. The highest BCUT2D eigenvalue weighted by Crippen LogP contribution is 2.31. The van der Waals surface area contributed by atoms with Gasteiger partial charge in [0.25, 0.3) is 0 Å². The zero-order chi connectivity index (χ0) is 18.5. The molecule has 0 amide bonds. The molecular formula is C20H13N3O3S. The number of hydrogen-bond acceptors (Lipinski definition) is 7. The predicted octanol–water partition coefficient (Wildman–Crippen LogP) is 4.61. The molecule has 0 saturated carbocycles. The van der Waals surface area contributed by atoms with Crippen molar-refractivity contribution in [2.75, 3.05) is 0 Å². The molecule has 0 aliphatic carbocycles. The van der Waals surface area contributed by atoms with Crippen molar-refractivity contribution < 1.29 is 14.3 Å². The Hall–Kier alpha value is -3.58. The van der Waals surface area contributed by atoms with Crippen molar-refractivity contribution in [1.82, 2.24) is 15.0 Å². The van der Waals surface area contributed by atoms with E-state index in [1.54, 1.807) is 54.2 Å². The van der Waals surface area contributed by atoms with Crippen LogP contribution in [0.15, 0.2) is 78.4 Å². The van der Waals surface area contributed by atoms with Gasteiger partial charge in [0.2, 0.25) is 5.88 Å². The van der Waals surface area contributed by atoms with Gasteiger partial charge in [0.1, 0.15) is 5.01 Å². The minimum Gasteiger partial charge on any atom is -0.435 e. The molecule has 6 nitrogen and oxygen atoms in total. The lowest BCUT2D eigenvalue weighted by Crippen LogP contribution is -2.09. The molecule has 0 atom stereocenters. The first-order chi connectivity index (χ1) is 13.3. The Morgan fingerprint density at radius 1 is 0.852 bits per heavy atom. The summed E-state index contributed by atoms with van der Waals surface area (Å²) in [5.74, 6) is 0.530. The van der Waals surface area contributed by atoms with Gasteiger partial charge in [-0.1, -0.05) is 24.3 Å². The number of aromatic nitrogens is 3. The molecule has 0 radical (unpaired) electrons. The molecule has 3 heterocycles. The zero-order valence-corrected chi connectivity index (χ0v) is 14.8. The van der Waals surface area contributed by atoms with Crippen LogP contribution in [0.1, 0.15) is 10.5 Å². The minimum atomic E-state index is -0.564. The molecule has 7 heteroatoms. The summed E-state index contributed by atoms with van der Waals surface area (Å²) in [5.41, 5.74) is 0.925. The number of para-hydroxylation sites is 2. The molecule has 1 aromatic carbocycles. The van der Waals surface area contributed by atoms with Crippen molar-refractivity contribution in [1.29, 1.82) is 0 Å². The van der Waals surface area contributed by atoms with Gasteiger partial charge in [-0.2, -0.15) is 0 Å². The third-order valence-corrected chi connectivity index (χ3v) is 4.37. The fraction of sp³-hybridized carbons (Fsp3) is 0. The van der Waals surface area contributed by atoms with Crippen LogP contribution in [0.5, 0.6) is 17.4 Å². The molecule has 4 rings (SSSR count). The second-order valence-corrected chi connectivity index (χ2v) is 6.22. The zero-order valence-electron chi connectivity index (χ0n) is 14.0. The summed E-state index contributed by atoms with van der Waals surface area (Å²) in [6.07, 6.45) is 3.30. The van der Waals surface area contributed by atoms with E-state index < -0.39 is 5.97 Å². The normalized spacial score (nSPS) is 10.4. The first-order valence-corrected chi connectivity index (χ1v) is 8.94. The van der Waals surface area contributed by atoms with Gasteiger partial charge in [-0.3, -0.25) is 4.98 Å². The van der Waals surface area contributed by atoms with Crippen molar-refractivity contribution in [3.8, 4) is 28.1 Å². The monoisotopic (exact) mass is 375 g/mol. The van der Waals surface area contributed by atoms with Crippen LogP contribution < -0.4 is 9.47 Å². The van der Waals surface area contributed by atoms with Crippen molar-refractivity contribution in [3.63, 3.8) is 0 Å². The first kappa shape index (κ1) is 16.9. The van der Waals surface area contributed by atoms with E-state index in [0.717, 1.165) is 0 Å². The Morgan fingerprint density at radius 2 is 1.59 bits per heavy atom. The van der Waals surface area contributed by atoms with Crippen LogP contribution >= 0.6 is 11.3 Å². The number of thiazole rings is 1. The van der Waals surface area contributed by atoms with Crippen LogP contribution in [0.25, 0.3) is 10.7 Å². The van der Waals surface area contributed by atoms with E-state index in [4.69, 9.17) is 9.47 Å². The van der Waals surface area contributed by atoms with Gasteiger partial charge in [0, 0.05) is 23.8 Å². The number of nitrogens with zero attached hydrogens (tertiary/aromatic N) is 3. The fourth-order valence-corrected chi connectivity index (χ4v) is 3.03. The molecule has 3 aromatic heterocycles. The van der Waals surface area contributed by atoms with Gasteiger partial charge in [-0.25, -0.2) is 14.8 Å². The highest BCUT2D eigenvalue weighted by Gasteiger charge is 2.17. The smallest absolute Gasteiger partial charge is 0.363 e. The van der Waals surface area contributed by atoms with Crippen LogP contribution in [0.2, 0.25) is 0 Å². The molecule has 0 saturated heterocycles. The van der Waals surface area contributed by atoms with E-state index in [-0.39, 0.29) is 5.69 Å². The number of hydrogen-bond donors (Lipinski definition) is 0. The first-order valence-electron chi connectivity index (χ1n) is 8.06. The van der Waals surface area contributed by atoms with Gasteiger partial charge >= 0.3 is 5.97 Å². The van der Waals surface area contributed by atoms with E-state index in [1.807, 2.05) is 24.3 Å². The van der Waals surface area contributed by atoms with E-state index in [9.17, 15) is 4.79 Å². The number of benzene rings is 1. The molecule has 0 N–H and O–H groups in total. The molecule has 132 valence electrons. The second-order valence-electron chi connectivity index (χ2n) is 5.36. The van der Waals surface area contributed by atoms with E-state index in [0.29, 0.717) is 28.1 Å². The summed E-state index contributed by atoms with van der Waals surface area (Å²) in [6, 6.07) is 17.8. The lowest BCUT2D eigenvalue weighted by atomic mass is 10.3. The number of esters is 1. The summed E-state index contributed by atoms with van der Waals surface area (Å²) in [7, 11) is 0. The topological polar surface area (TPSA) is 74.2 Å². The van der Waals surface area contributed by atoms with Gasteiger partial charge in [-0.05, 0) is 30.3 Å². The average Bonchev–Trinajstić information content (AvgIpc) is 3.21. The maximum Gasteiger partial charge on any atom is 0.363 e. The van der Waals surface area contributed by atoms with Crippen LogP contribution in [-0.4, -0.2) is 20.9 Å². The van der Waals surface area contributed by atoms with E-state index in [1.165, 1.54) is 11.3 Å². The highest BCUT2D eigenvalue weighted by atomic mass is 32.1. The van der Waals surface area contributed by atoms with Crippen molar-refractivity contribution in [2.24, 2.45) is 0 Å². The number of pyridine rings is 2. The summed E-state index contributed by atoms with van der Waals surface area (Å²) in [5, 5.41) is 2.30. The molecule has 0 unspecified atom stereocenters. The lowest BCUT2D eigenvalue weighted by molar-refractivity contribution is 0.0725. The van der Waals surface area contributed by atoms with Crippen LogP contribution in [0, 0.1) is 0 Å². The van der Waals surface area contributed by atoms with Gasteiger partial charge in [-0.15, -0.1) is 11.3 Å². The standard InChI is InChI=1S/C20H13N3O3S/c24-20(15-13-27-19(23-15)14-7-3-5-11-21-14)26-17-9-2-1-8-16(17)25-18-10-4-6-12-22-18/h1-13H. The molecule has 27 heavy (non-hydrogen) atoms. The van der Waals surface area contributed by atoms with E-state index in [2.05, 4.69) is 15.0 Å². The quantitative estimate of drug-likeness (QED) is 0.374. The predicted molar refractivity (Wildman–Crippen MR) is 101 cm³/mol. The molecule has 4 aromatic rings. The third kappa shape index (κ3) is 3.99. The summed E-state index contributed by atoms with van der Waals surface area (Å²) >= 11 is 1.33. The van der Waals surface area contributed by atoms with Gasteiger partial charge in [0.05, 0.1) is 5.69 Å². The van der Waals surface area contributed by atoms with Gasteiger partial charge in [0.15, 0.2) is 17.2 Å². The van der Waals surface area contributed by atoms with Gasteiger partial charge < -0.3 is 9.47 Å². The fourth-order valence-electron chi connectivity index (χ4n) is 2.27. The Morgan fingerprint density at radius 3 is 2.33 bits per heavy atom. The van der Waals surface area contributed by atoms with Crippen LogP contribution in [-0.2, 0) is 0 Å². The van der Waals surface area contributed by atoms with Crippen molar-refractivity contribution in [2.45, 2.75) is 0 Å². The Labute approximate surface area is 159 Å². The van der Waals surface area contributed by atoms with Crippen molar-refractivity contribution in [3.05, 3.63) is 84.1 Å². The maximum absolute atomic E-state index is 12.5.